The molecule has 0 radical (unpaired) electrons. The quantitative estimate of drug-likeness (QED) is 0.789. The highest BCUT2D eigenvalue weighted by atomic mass is 35.5. The number of hydrogen-bond acceptors (Lipinski definition) is 3. The van der Waals surface area contributed by atoms with Crippen molar-refractivity contribution in [2.75, 3.05) is 6.54 Å². The molecule has 2 rings (SSSR count). The Morgan fingerprint density at radius 1 is 1.33 bits per heavy atom. The summed E-state index contributed by atoms with van der Waals surface area (Å²) in [5, 5.41) is 4.23. The van der Waals surface area contributed by atoms with Crippen LogP contribution in [0.2, 0.25) is 5.02 Å². The molecule has 0 amide bonds. The number of furan rings is 1. The molecule has 2 aromatic rings. The van der Waals surface area contributed by atoms with Crippen molar-refractivity contribution in [1.82, 2.24) is 5.32 Å². The first kappa shape index (κ1) is 15.9. The molecular formula is C17H22ClNO2. The normalized spacial score (nSPS) is 13.9. The van der Waals surface area contributed by atoms with E-state index in [0.717, 1.165) is 25.1 Å². The first-order valence-corrected chi connectivity index (χ1v) is 7.73. The SMILES string of the molecule is CCCNC(Cc1ccoc1)C(C)Oc1cccc(Cl)c1. The van der Waals surface area contributed by atoms with Crippen LogP contribution < -0.4 is 10.1 Å². The van der Waals surface area contributed by atoms with Crippen LogP contribution in [0.3, 0.4) is 0 Å². The van der Waals surface area contributed by atoms with Gasteiger partial charge in [0.15, 0.2) is 0 Å². The summed E-state index contributed by atoms with van der Waals surface area (Å²) in [4.78, 5) is 0. The highest BCUT2D eigenvalue weighted by Crippen LogP contribution is 2.20. The van der Waals surface area contributed by atoms with Crippen molar-refractivity contribution in [3.63, 3.8) is 0 Å². The average Bonchev–Trinajstić information content (AvgIpc) is 2.96. The predicted molar refractivity (Wildman–Crippen MR) is 86.0 cm³/mol. The van der Waals surface area contributed by atoms with Crippen molar-refractivity contribution >= 4 is 11.6 Å². The van der Waals surface area contributed by atoms with Gasteiger partial charge in [-0.2, -0.15) is 0 Å². The van der Waals surface area contributed by atoms with Crippen LogP contribution in [0.15, 0.2) is 47.3 Å². The van der Waals surface area contributed by atoms with Crippen LogP contribution in [0, 0.1) is 0 Å². The maximum absolute atomic E-state index is 6.03. The van der Waals surface area contributed by atoms with Crippen LogP contribution in [0.5, 0.6) is 5.75 Å². The van der Waals surface area contributed by atoms with E-state index in [0.29, 0.717) is 5.02 Å². The summed E-state index contributed by atoms with van der Waals surface area (Å²) in [7, 11) is 0. The Bertz CT molecular complexity index is 527. The van der Waals surface area contributed by atoms with Crippen LogP contribution in [0.4, 0.5) is 0 Å². The van der Waals surface area contributed by atoms with Gasteiger partial charge in [0.05, 0.1) is 12.5 Å². The molecule has 0 aliphatic heterocycles. The number of benzene rings is 1. The summed E-state index contributed by atoms with van der Waals surface area (Å²) in [5.74, 6) is 0.797. The van der Waals surface area contributed by atoms with Gasteiger partial charge in [0.25, 0.3) is 0 Å². The first-order valence-electron chi connectivity index (χ1n) is 7.35. The zero-order valence-corrected chi connectivity index (χ0v) is 13.3. The highest BCUT2D eigenvalue weighted by molar-refractivity contribution is 6.30. The Morgan fingerprint density at radius 2 is 2.19 bits per heavy atom. The van der Waals surface area contributed by atoms with Crippen LogP contribution in [0.1, 0.15) is 25.8 Å². The molecule has 1 aromatic heterocycles. The fourth-order valence-corrected chi connectivity index (χ4v) is 2.41. The zero-order chi connectivity index (χ0) is 15.1. The predicted octanol–water partition coefficient (Wildman–Crippen LogP) is 4.31. The van der Waals surface area contributed by atoms with Gasteiger partial charge in [-0.15, -0.1) is 0 Å². The minimum Gasteiger partial charge on any atom is -0.489 e. The lowest BCUT2D eigenvalue weighted by Gasteiger charge is -2.26. The van der Waals surface area contributed by atoms with Gasteiger partial charge >= 0.3 is 0 Å². The largest absolute Gasteiger partial charge is 0.489 e. The summed E-state index contributed by atoms with van der Waals surface area (Å²) in [6.45, 7) is 5.20. The number of nitrogens with one attached hydrogen (secondary N) is 1. The summed E-state index contributed by atoms with van der Waals surface area (Å²) in [6, 6.07) is 9.73. The molecule has 3 nitrogen and oxygen atoms in total. The molecule has 1 N–H and O–H groups in total. The molecule has 0 aliphatic carbocycles. The maximum Gasteiger partial charge on any atom is 0.121 e. The van der Waals surface area contributed by atoms with Crippen LogP contribution in [0.25, 0.3) is 0 Å². The number of hydrogen-bond donors (Lipinski definition) is 1. The fourth-order valence-electron chi connectivity index (χ4n) is 2.23. The minimum atomic E-state index is 0.0323. The Hall–Kier alpha value is -1.45. The number of halogens is 1. The van der Waals surface area contributed by atoms with Gasteiger partial charge in [0.2, 0.25) is 0 Å². The molecule has 114 valence electrons. The van der Waals surface area contributed by atoms with E-state index in [1.54, 1.807) is 12.5 Å². The Kier molecular flexibility index (Phi) is 6.15. The molecule has 2 atom stereocenters. The van der Waals surface area contributed by atoms with Gasteiger partial charge in [-0.1, -0.05) is 24.6 Å². The number of rotatable bonds is 8. The van der Waals surface area contributed by atoms with E-state index < -0.39 is 0 Å². The first-order chi connectivity index (χ1) is 10.2. The Labute approximate surface area is 131 Å². The van der Waals surface area contributed by atoms with Crippen LogP contribution in [-0.2, 0) is 6.42 Å². The van der Waals surface area contributed by atoms with E-state index in [4.69, 9.17) is 20.8 Å². The Balaban J connectivity index is 2.00. The molecule has 0 fully saturated rings. The molecule has 4 heteroatoms. The van der Waals surface area contributed by atoms with Gasteiger partial charge < -0.3 is 14.5 Å². The van der Waals surface area contributed by atoms with Gasteiger partial charge in [0, 0.05) is 11.1 Å². The van der Waals surface area contributed by atoms with Crippen molar-refractivity contribution in [1.29, 1.82) is 0 Å². The van der Waals surface area contributed by atoms with E-state index in [2.05, 4.69) is 19.2 Å². The molecular weight excluding hydrogens is 286 g/mol. The van der Waals surface area contributed by atoms with Gasteiger partial charge in [-0.25, -0.2) is 0 Å². The van der Waals surface area contributed by atoms with Gasteiger partial charge in [-0.3, -0.25) is 0 Å². The molecule has 0 saturated carbocycles. The van der Waals surface area contributed by atoms with Crippen molar-refractivity contribution in [2.45, 2.75) is 38.8 Å². The molecule has 1 heterocycles. The Morgan fingerprint density at radius 3 is 2.86 bits per heavy atom. The third kappa shape index (κ3) is 5.10. The summed E-state index contributed by atoms with van der Waals surface area (Å²) >= 11 is 6.00. The molecule has 21 heavy (non-hydrogen) atoms. The lowest BCUT2D eigenvalue weighted by Crippen LogP contribution is -2.43. The van der Waals surface area contributed by atoms with Crippen LogP contribution in [-0.4, -0.2) is 18.7 Å². The van der Waals surface area contributed by atoms with Crippen molar-refractivity contribution in [3.8, 4) is 5.75 Å². The lowest BCUT2D eigenvalue weighted by atomic mass is 10.0. The lowest BCUT2D eigenvalue weighted by molar-refractivity contribution is 0.169. The third-order valence-electron chi connectivity index (χ3n) is 3.38. The number of ether oxygens (including phenoxy) is 1. The highest BCUT2D eigenvalue weighted by Gasteiger charge is 2.19. The van der Waals surface area contributed by atoms with E-state index in [1.165, 1.54) is 5.56 Å². The van der Waals surface area contributed by atoms with Gasteiger partial charge in [-0.05, 0) is 56.1 Å². The minimum absolute atomic E-state index is 0.0323. The maximum atomic E-state index is 6.03. The van der Waals surface area contributed by atoms with Crippen LogP contribution >= 0.6 is 11.6 Å². The second-order valence-corrected chi connectivity index (χ2v) is 5.61. The van der Waals surface area contributed by atoms with Gasteiger partial charge in [0.1, 0.15) is 11.9 Å². The van der Waals surface area contributed by atoms with E-state index >= 15 is 0 Å². The van der Waals surface area contributed by atoms with Crippen molar-refractivity contribution in [2.24, 2.45) is 0 Å². The summed E-state index contributed by atoms with van der Waals surface area (Å²) in [5.41, 5.74) is 1.17. The monoisotopic (exact) mass is 307 g/mol. The van der Waals surface area contributed by atoms with E-state index in [9.17, 15) is 0 Å². The molecule has 0 spiro atoms. The van der Waals surface area contributed by atoms with Crippen molar-refractivity contribution in [3.05, 3.63) is 53.4 Å². The zero-order valence-electron chi connectivity index (χ0n) is 12.5. The average molecular weight is 308 g/mol. The molecule has 0 bridgehead atoms. The second kappa shape index (κ2) is 8.11. The van der Waals surface area contributed by atoms with Crippen molar-refractivity contribution < 1.29 is 9.15 Å². The third-order valence-corrected chi connectivity index (χ3v) is 3.61. The topological polar surface area (TPSA) is 34.4 Å². The molecule has 0 saturated heterocycles. The standard InChI is InChI=1S/C17H22ClNO2/c1-3-8-19-17(10-14-7-9-20-12-14)13(2)21-16-6-4-5-15(18)11-16/h4-7,9,11-13,17,19H,3,8,10H2,1-2H3. The molecule has 0 aliphatic rings. The molecule has 1 aromatic carbocycles. The van der Waals surface area contributed by atoms with E-state index in [1.807, 2.05) is 30.3 Å². The second-order valence-electron chi connectivity index (χ2n) is 5.18. The fraction of sp³-hybridized carbons (Fsp3) is 0.412. The molecule has 2 unspecified atom stereocenters. The van der Waals surface area contributed by atoms with E-state index in [-0.39, 0.29) is 12.1 Å². The summed E-state index contributed by atoms with van der Waals surface area (Å²) < 4.78 is 11.2. The smallest absolute Gasteiger partial charge is 0.121 e. The summed E-state index contributed by atoms with van der Waals surface area (Å²) in [6.07, 6.45) is 5.48.